The van der Waals surface area contributed by atoms with Crippen LogP contribution in [0.4, 0.5) is 0 Å². The van der Waals surface area contributed by atoms with Gasteiger partial charge in [-0.25, -0.2) is 0 Å². The molecular weight excluding hydrogens is 240 g/mol. The molecule has 1 aromatic carbocycles. The van der Waals surface area contributed by atoms with Crippen LogP contribution < -0.4 is 10.1 Å². The van der Waals surface area contributed by atoms with Gasteiger partial charge in [0, 0.05) is 24.3 Å². The van der Waals surface area contributed by atoms with Gasteiger partial charge in [0.25, 0.3) is 0 Å². The molecule has 0 aliphatic rings. The quantitative estimate of drug-likeness (QED) is 0.774. The van der Waals surface area contributed by atoms with Crippen LogP contribution in [0, 0.1) is 0 Å². The second-order valence-corrected chi connectivity index (χ2v) is 4.44. The third-order valence-electron chi connectivity index (χ3n) is 3.09. The molecule has 102 valence electrons. The van der Waals surface area contributed by atoms with Crippen LogP contribution in [0.2, 0.25) is 0 Å². The molecule has 5 nitrogen and oxygen atoms in total. The molecule has 0 fully saturated rings. The Balaban J connectivity index is 1.79. The number of benzene rings is 1. The number of aryl methyl sites for hydroxylation is 1. The van der Waals surface area contributed by atoms with Crippen LogP contribution in [0.1, 0.15) is 24.9 Å². The van der Waals surface area contributed by atoms with E-state index >= 15 is 0 Å². The summed E-state index contributed by atoms with van der Waals surface area (Å²) in [6, 6.07) is 8.37. The molecular formula is C14H20N4O. The highest BCUT2D eigenvalue weighted by Crippen LogP contribution is 2.24. The Bertz CT molecular complexity index is 484. The third kappa shape index (κ3) is 3.79. The van der Waals surface area contributed by atoms with E-state index in [-0.39, 0.29) is 6.04 Å². The largest absolute Gasteiger partial charge is 0.496 e. The zero-order valence-electron chi connectivity index (χ0n) is 11.4. The molecule has 0 amide bonds. The highest BCUT2D eigenvalue weighted by molar-refractivity contribution is 5.35. The summed E-state index contributed by atoms with van der Waals surface area (Å²) in [5, 5.41) is 11.2. The van der Waals surface area contributed by atoms with Gasteiger partial charge in [-0.05, 0) is 26.0 Å². The Hall–Kier alpha value is -1.88. The fourth-order valence-corrected chi connectivity index (χ4v) is 2.05. The molecule has 5 heteroatoms. The van der Waals surface area contributed by atoms with Crippen LogP contribution in [0.3, 0.4) is 0 Å². The monoisotopic (exact) mass is 260 g/mol. The molecule has 1 N–H and O–H groups in total. The molecule has 0 aliphatic carbocycles. The summed E-state index contributed by atoms with van der Waals surface area (Å²) in [5.74, 6) is 0.929. The number of para-hydroxylation sites is 1. The van der Waals surface area contributed by atoms with Gasteiger partial charge in [-0.1, -0.05) is 23.4 Å². The minimum Gasteiger partial charge on any atom is -0.496 e. The van der Waals surface area contributed by atoms with E-state index in [0.29, 0.717) is 0 Å². The summed E-state index contributed by atoms with van der Waals surface area (Å²) in [5.41, 5.74) is 1.19. The van der Waals surface area contributed by atoms with Gasteiger partial charge in [0.2, 0.25) is 0 Å². The molecule has 2 aromatic rings. The molecule has 0 radical (unpaired) electrons. The fourth-order valence-electron chi connectivity index (χ4n) is 2.05. The Morgan fingerprint density at radius 2 is 2.21 bits per heavy atom. The van der Waals surface area contributed by atoms with Crippen LogP contribution in [-0.4, -0.2) is 28.6 Å². The first kappa shape index (κ1) is 13.5. The highest BCUT2D eigenvalue weighted by Gasteiger charge is 2.09. The number of hydrogen-bond donors (Lipinski definition) is 1. The predicted molar refractivity (Wildman–Crippen MR) is 74.1 cm³/mol. The minimum absolute atomic E-state index is 0.270. The molecule has 1 heterocycles. The Labute approximate surface area is 113 Å². The fraction of sp³-hybridized carbons (Fsp3) is 0.429. The number of methoxy groups -OCH3 is 1. The highest BCUT2D eigenvalue weighted by atomic mass is 16.5. The van der Waals surface area contributed by atoms with Crippen LogP contribution in [0.5, 0.6) is 5.75 Å². The molecule has 1 atom stereocenters. The number of rotatable bonds is 7. The maximum atomic E-state index is 5.37. The smallest absolute Gasteiger partial charge is 0.123 e. The van der Waals surface area contributed by atoms with E-state index in [4.69, 9.17) is 4.74 Å². The lowest BCUT2D eigenvalue weighted by Gasteiger charge is -2.17. The van der Waals surface area contributed by atoms with Crippen molar-refractivity contribution in [2.45, 2.75) is 25.9 Å². The number of ether oxygens (including phenoxy) is 1. The third-order valence-corrected chi connectivity index (χ3v) is 3.09. The van der Waals surface area contributed by atoms with Crippen molar-refractivity contribution >= 4 is 0 Å². The lowest BCUT2D eigenvalue weighted by atomic mass is 10.1. The summed E-state index contributed by atoms with van der Waals surface area (Å²) < 4.78 is 7.21. The zero-order chi connectivity index (χ0) is 13.5. The van der Waals surface area contributed by atoms with Gasteiger partial charge in [0.1, 0.15) is 5.75 Å². The summed E-state index contributed by atoms with van der Waals surface area (Å²) in [6.07, 6.45) is 4.59. The van der Waals surface area contributed by atoms with Gasteiger partial charge in [0.15, 0.2) is 0 Å². The minimum atomic E-state index is 0.270. The van der Waals surface area contributed by atoms with Crippen molar-refractivity contribution in [1.29, 1.82) is 0 Å². The number of hydrogen-bond acceptors (Lipinski definition) is 4. The lowest BCUT2D eigenvalue weighted by molar-refractivity contribution is 0.400. The molecule has 0 saturated carbocycles. The predicted octanol–water partition coefficient (Wildman–Crippen LogP) is 2.03. The maximum Gasteiger partial charge on any atom is 0.123 e. The van der Waals surface area contributed by atoms with E-state index in [0.717, 1.165) is 25.3 Å². The van der Waals surface area contributed by atoms with E-state index in [1.54, 1.807) is 13.3 Å². The van der Waals surface area contributed by atoms with Crippen LogP contribution >= 0.6 is 0 Å². The second-order valence-electron chi connectivity index (χ2n) is 4.44. The molecule has 0 bridgehead atoms. The first-order chi connectivity index (χ1) is 9.31. The molecule has 1 unspecified atom stereocenters. The van der Waals surface area contributed by atoms with E-state index in [1.807, 2.05) is 29.1 Å². The van der Waals surface area contributed by atoms with Crippen LogP contribution in [-0.2, 0) is 6.54 Å². The molecule has 0 spiro atoms. The standard InChI is InChI=1S/C14H20N4O/c1-12(13-6-3-4-7-14(13)19-2)15-8-5-10-18-11-9-16-17-18/h3-4,6-7,9,11-12,15H,5,8,10H2,1-2H3. The first-order valence-corrected chi connectivity index (χ1v) is 6.51. The molecule has 0 aliphatic heterocycles. The van der Waals surface area contributed by atoms with Crippen molar-refractivity contribution < 1.29 is 4.74 Å². The van der Waals surface area contributed by atoms with Crippen LogP contribution in [0.25, 0.3) is 0 Å². The lowest BCUT2D eigenvalue weighted by Crippen LogP contribution is -2.21. The summed E-state index contributed by atoms with van der Waals surface area (Å²) in [4.78, 5) is 0. The average Bonchev–Trinajstić information content (AvgIpc) is 2.96. The van der Waals surface area contributed by atoms with Gasteiger partial charge in [-0.2, -0.15) is 0 Å². The van der Waals surface area contributed by atoms with Crippen molar-refractivity contribution in [3.8, 4) is 5.75 Å². The zero-order valence-corrected chi connectivity index (χ0v) is 11.4. The summed E-state index contributed by atoms with van der Waals surface area (Å²) >= 11 is 0. The number of nitrogens with zero attached hydrogens (tertiary/aromatic N) is 3. The second kappa shape index (κ2) is 6.89. The van der Waals surface area contributed by atoms with Crippen LogP contribution in [0.15, 0.2) is 36.7 Å². The van der Waals surface area contributed by atoms with Crippen molar-refractivity contribution in [3.05, 3.63) is 42.2 Å². The van der Waals surface area contributed by atoms with Crippen molar-refractivity contribution in [1.82, 2.24) is 20.3 Å². The normalized spacial score (nSPS) is 12.3. The van der Waals surface area contributed by atoms with E-state index in [2.05, 4.69) is 28.6 Å². The van der Waals surface area contributed by atoms with Gasteiger partial charge >= 0.3 is 0 Å². The van der Waals surface area contributed by atoms with Gasteiger partial charge in [0.05, 0.1) is 13.3 Å². The molecule has 2 rings (SSSR count). The Kier molecular flexibility index (Phi) is 4.92. The van der Waals surface area contributed by atoms with Crippen molar-refractivity contribution in [2.24, 2.45) is 0 Å². The maximum absolute atomic E-state index is 5.37. The number of nitrogens with one attached hydrogen (secondary N) is 1. The van der Waals surface area contributed by atoms with Gasteiger partial charge < -0.3 is 10.1 Å². The van der Waals surface area contributed by atoms with E-state index in [1.165, 1.54) is 5.56 Å². The van der Waals surface area contributed by atoms with Gasteiger partial charge in [-0.15, -0.1) is 5.10 Å². The first-order valence-electron chi connectivity index (χ1n) is 6.51. The molecule has 0 saturated heterocycles. The average molecular weight is 260 g/mol. The number of aromatic nitrogens is 3. The Morgan fingerprint density at radius 3 is 2.95 bits per heavy atom. The topological polar surface area (TPSA) is 52.0 Å². The molecule has 1 aromatic heterocycles. The van der Waals surface area contributed by atoms with E-state index < -0.39 is 0 Å². The SMILES string of the molecule is COc1ccccc1C(C)NCCCn1ccnn1. The molecule has 19 heavy (non-hydrogen) atoms. The summed E-state index contributed by atoms with van der Waals surface area (Å²) in [7, 11) is 1.70. The van der Waals surface area contributed by atoms with Gasteiger partial charge in [-0.3, -0.25) is 4.68 Å². The Morgan fingerprint density at radius 1 is 1.37 bits per heavy atom. The van der Waals surface area contributed by atoms with Crippen molar-refractivity contribution in [3.63, 3.8) is 0 Å². The van der Waals surface area contributed by atoms with E-state index in [9.17, 15) is 0 Å². The summed E-state index contributed by atoms with van der Waals surface area (Å²) in [6.45, 7) is 3.96. The van der Waals surface area contributed by atoms with Crippen molar-refractivity contribution in [2.75, 3.05) is 13.7 Å².